The first kappa shape index (κ1) is 11.0. The van der Waals surface area contributed by atoms with Crippen LogP contribution in [-0.4, -0.2) is 6.36 Å². The van der Waals surface area contributed by atoms with Crippen molar-refractivity contribution in [3.63, 3.8) is 0 Å². The van der Waals surface area contributed by atoms with E-state index in [0.717, 1.165) is 5.56 Å². The molecule has 0 radical (unpaired) electrons. The average Bonchev–Trinajstić information content (AvgIpc) is 2.13. The lowest BCUT2D eigenvalue weighted by molar-refractivity contribution is -0.504. The molecule has 0 unspecified atom stereocenters. The summed E-state index contributed by atoms with van der Waals surface area (Å²) >= 11 is 0. The van der Waals surface area contributed by atoms with Crippen LogP contribution in [0.1, 0.15) is 5.56 Å². The molecule has 0 spiro atoms. The molecule has 14 heavy (non-hydrogen) atoms. The molecule has 0 amide bonds. The third-order valence-corrected chi connectivity index (χ3v) is 1.31. The van der Waals surface area contributed by atoms with E-state index in [1.807, 2.05) is 5.48 Å². The molecule has 1 N–H and O–H groups in total. The van der Waals surface area contributed by atoms with Crippen LogP contribution in [0.15, 0.2) is 30.3 Å². The number of rotatable bonds is 4. The second-order valence-corrected chi connectivity index (χ2v) is 2.42. The molecule has 3 nitrogen and oxygen atoms in total. The number of alkyl halides is 3. The third-order valence-electron chi connectivity index (χ3n) is 1.31. The van der Waals surface area contributed by atoms with Crippen LogP contribution >= 0.6 is 0 Å². The Bertz CT molecular complexity index is 263. The maximum atomic E-state index is 11.4. The Morgan fingerprint density at radius 3 is 2.36 bits per heavy atom. The van der Waals surface area contributed by atoms with Gasteiger partial charge in [0.15, 0.2) is 0 Å². The molecule has 0 bridgehead atoms. The van der Waals surface area contributed by atoms with E-state index in [1.54, 1.807) is 30.3 Å². The largest absolute Gasteiger partial charge is 0.550 e. The maximum Gasteiger partial charge on any atom is 0.550 e. The highest BCUT2D eigenvalue weighted by molar-refractivity contribution is 5.13. The lowest BCUT2D eigenvalue weighted by atomic mass is 10.2. The van der Waals surface area contributed by atoms with E-state index in [2.05, 4.69) is 9.88 Å². The van der Waals surface area contributed by atoms with E-state index in [0.29, 0.717) is 0 Å². The minimum Gasteiger partial charge on any atom is -0.165 e. The lowest BCUT2D eigenvalue weighted by Gasteiger charge is -2.06. The van der Waals surface area contributed by atoms with Crippen LogP contribution in [0.4, 0.5) is 13.2 Å². The molecule has 78 valence electrons. The molecular weight excluding hydrogens is 199 g/mol. The molecule has 6 heteroatoms. The van der Waals surface area contributed by atoms with Crippen LogP contribution in [0.5, 0.6) is 0 Å². The van der Waals surface area contributed by atoms with Crippen molar-refractivity contribution in [2.45, 2.75) is 12.9 Å². The Hall–Kier alpha value is -1.11. The Balaban J connectivity index is 2.17. The van der Waals surface area contributed by atoms with Crippen molar-refractivity contribution in [3.05, 3.63) is 35.9 Å². The summed E-state index contributed by atoms with van der Waals surface area (Å²) in [4.78, 5) is 6.77. The van der Waals surface area contributed by atoms with E-state index in [1.165, 1.54) is 0 Å². The van der Waals surface area contributed by atoms with Gasteiger partial charge in [0.25, 0.3) is 0 Å². The first-order valence-electron chi connectivity index (χ1n) is 3.76. The molecule has 1 aromatic rings. The van der Waals surface area contributed by atoms with E-state index < -0.39 is 6.36 Å². The molecule has 0 atom stereocenters. The Labute approximate surface area is 78.3 Å². The average molecular weight is 207 g/mol. The van der Waals surface area contributed by atoms with Gasteiger partial charge in [-0.2, -0.15) is 5.48 Å². The quantitative estimate of drug-likeness (QED) is 0.466. The van der Waals surface area contributed by atoms with Crippen molar-refractivity contribution in [1.82, 2.24) is 5.48 Å². The number of benzene rings is 1. The molecule has 0 saturated carbocycles. The summed E-state index contributed by atoms with van der Waals surface area (Å²) in [5.41, 5.74) is 2.81. The molecule has 0 saturated heterocycles. The minimum absolute atomic E-state index is 0.136. The van der Waals surface area contributed by atoms with Crippen LogP contribution < -0.4 is 5.48 Å². The van der Waals surface area contributed by atoms with Crippen LogP contribution in [0, 0.1) is 0 Å². The van der Waals surface area contributed by atoms with Gasteiger partial charge in [0.05, 0.1) is 0 Å². The Morgan fingerprint density at radius 1 is 1.14 bits per heavy atom. The molecule has 0 aliphatic carbocycles. The Kier molecular flexibility index (Phi) is 3.87. The Morgan fingerprint density at radius 2 is 1.79 bits per heavy atom. The number of hydrogen-bond acceptors (Lipinski definition) is 3. The van der Waals surface area contributed by atoms with Crippen LogP contribution in [-0.2, 0) is 16.4 Å². The van der Waals surface area contributed by atoms with Gasteiger partial charge in [-0.15, -0.1) is 23.0 Å². The third kappa shape index (κ3) is 4.80. The van der Waals surface area contributed by atoms with Crippen molar-refractivity contribution in [3.8, 4) is 0 Å². The van der Waals surface area contributed by atoms with Crippen molar-refractivity contribution in [2.24, 2.45) is 0 Å². The van der Waals surface area contributed by atoms with Gasteiger partial charge in [0.1, 0.15) is 0 Å². The normalized spacial score (nSPS) is 11.6. The number of halogens is 3. The van der Waals surface area contributed by atoms with Gasteiger partial charge in [0.2, 0.25) is 0 Å². The zero-order valence-corrected chi connectivity index (χ0v) is 7.04. The standard InChI is InChI=1S/C8H8F3NO2/c9-8(10,11)13-14-12-6-7-4-2-1-3-5-7/h1-5,12H,6H2. The van der Waals surface area contributed by atoms with Gasteiger partial charge in [-0.25, -0.2) is 0 Å². The molecule has 0 aromatic heterocycles. The van der Waals surface area contributed by atoms with Crippen molar-refractivity contribution < 1.29 is 23.0 Å². The van der Waals surface area contributed by atoms with Gasteiger partial charge in [-0.1, -0.05) is 30.3 Å². The summed E-state index contributed by atoms with van der Waals surface area (Å²) in [6, 6.07) is 8.81. The summed E-state index contributed by atoms with van der Waals surface area (Å²) in [5.74, 6) is 0. The fraction of sp³-hybridized carbons (Fsp3) is 0.250. The maximum absolute atomic E-state index is 11.4. The summed E-state index contributed by atoms with van der Waals surface area (Å²) in [5, 5.41) is 0. The summed E-state index contributed by atoms with van der Waals surface area (Å²) in [7, 11) is 0. The smallest absolute Gasteiger partial charge is 0.165 e. The van der Waals surface area contributed by atoms with Gasteiger partial charge in [-0.3, -0.25) is 0 Å². The first-order valence-corrected chi connectivity index (χ1v) is 3.76. The fourth-order valence-corrected chi connectivity index (χ4v) is 0.785. The number of hydroxylamine groups is 1. The molecule has 1 aromatic carbocycles. The summed E-state index contributed by atoms with van der Waals surface area (Å²) in [6.07, 6.45) is -4.79. The SMILES string of the molecule is FC(F)(F)OONCc1ccccc1. The first-order chi connectivity index (χ1) is 6.58. The van der Waals surface area contributed by atoms with E-state index >= 15 is 0 Å². The fourth-order valence-electron chi connectivity index (χ4n) is 0.785. The second kappa shape index (κ2) is 4.94. The number of hydrogen-bond donors (Lipinski definition) is 1. The predicted molar refractivity (Wildman–Crippen MR) is 41.5 cm³/mol. The summed E-state index contributed by atoms with van der Waals surface area (Å²) in [6.45, 7) is 0.136. The van der Waals surface area contributed by atoms with Crippen LogP contribution in [0.3, 0.4) is 0 Å². The number of nitrogens with one attached hydrogen (secondary N) is 1. The van der Waals surface area contributed by atoms with Crippen molar-refractivity contribution in [2.75, 3.05) is 0 Å². The molecular formula is C8H8F3NO2. The molecule has 0 aliphatic heterocycles. The monoisotopic (exact) mass is 207 g/mol. The molecule has 0 heterocycles. The topological polar surface area (TPSA) is 30.5 Å². The van der Waals surface area contributed by atoms with Crippen LogP contribution in [0.25, 0.3) is 0 Å². The highest BCUT2D eigenvalue weighted by atomic mass is 19.4. The minimum atomic E-state index is -4.79. The summed E-state index contributed by atoms with van der Waals surface area (Å²) < 4.78 is 34.2. The van der Waals surface area contributed by atoms with Crippen molar-refractivity contribution >= 4 is 0 Å². The van der Waals surface area contributed by atoms with E-state index in [-0.39, 0.29) is 6.54 Å². The molecule has 0 fully saturated rings. The molecule has 0 aliphatic rings. The second-order valence-electron chi connectivity index (χ2n) is 2.42. The highest BCUT2D eigenvalue weighted by Crippen LogP contribution is 2.15. The predicted octanol–water partition coefficient (Wildman–Crippen LogP) is 2.16. The van der Waals surface area contributed by atoms with E-state index in [4.69, 9.17) is 0 Å². The van der Waals surface area contributed by atoms with Crippen LogP contribution in [0.2, 0.25) is 0 Å². The van der Waals surface area contributed by atoms with Crippen molar-refractivity contribution in [1.29, 1.82) is 0 Å². The lowest BCUT2D eigenvalue weighted by Crippen LogP contribution is -2.21. The van der Waals surface area contributed by atoms with Gasteiger partial charge < -0.3 is 0 Å². The van der Waals surface area contributed by atoms with Gasteiger partial charge in [-0.05, 0) is 5.56 Å². The highest BCUT2D eigenvalue weighted by Gasteiger charge is 2.31. The van der Waals surface area contributed by atoms with E-state index in [9.17, 15) is 13.2 Å². The zero-order chi connectivity index (χ0) is 10.4. The zero-order valence-electron chi connectivity index (χ0n) is 7.04. The van der Waals surface area contributed by atoms with Gasteiger partial charge in [0, 0.05) is 6.54 Å². The molecule has 1 rings (SSSR count). The van der Waals surface area contributed by atoms with Gasteiger partial charge >= 0.3 is 6.36 Å².